The van der Waals surface area contributed by atoms with Gasteiger partial charge in [-0.1, -0.05) is 83.9 Å². The highest BCUT2D eigenvalue weighted by Gasteiger charge is 2.21. The van der Waals surface area contributed by atoms with Gasteiger partial charge in [-0.3, -0.25) is 10.1 Å². The molecular weight excluding hydrogens is 416 g/mol. The van der Waals surface area contributed by atoms with E-state index in [2.05, 4.69) is 15.3 Å². The van der Waals surface area contributed by atoms with Gasteiger partial charge < -0.3 is 4.42 Å². The molecule has 2 aromatic carbocycles. The van der Waals surface area contributed by atoms with E-state index in [9.17, 15) is 9.18 Å². The van der Waals surface area contributed by atoms with Crippen LogP contribution >= 0.6 is 23.2 Å². The molecule has 0 fully saturated rings. The third-order valence-corrected chi connectivity index (χ3v) is 4.62. The summed E-state index contributed by atoms with van der Waals surface area (Å²) in [4.78, 5) is 20.6. The van der Waals surface area contributed by atoms with Crippen LogP contribution in [-0.4, -0.2) is 15.9 Å². The predicted octanol–water partition coefficient (Wildman–Crippen LogP) is 6.10. The minimum Gasteiger partial charge on any atom is -0.423 e. The number of anilines is 1. The first-order chi connectivity index (χ1) is 14.0. The number of amides is 1. The molecule has 0 saturated carbocycles. The van der Waals surface area contributed by atoms with Crippen molar-refractivity contribution in [3.63, 3.8) is 0 Å². The van der Waals surface area contributed by atoms with Crippen molar-refractivity contribution in [3.8, 4) is 22.6 Å². The largest absolute Gasteiger partial charge is 0.423 e. The smallest absolute Gasteiger partial charge is 0.302 e. The minimum atomic E-state index is -0.858. The number of oxazole rings is 1. The lowest BCUT2D eigenvalue weighted by Gasteiger charge is -2.04. The number of hydrogen-bond donors (Lipinski definition) is 1. The number of benzene rings is 2. The summed E-state index contributed by atoms with van der Waals surface area (Å²) in [7, 11) is 0. The Kier molecular flexibility index (Phi) is 5.29. The van der Waals surface area contributed by atoms with Crippen molar-refractivity contribution in [1.82, 2.24) is 9.97 Å². The van der Waals surface area contributed by atoms with Gasteiger partial charge >= 0.3 is 6.01 Å². The first-order valence-electron chi connectivity index (χ1n) is 8.47. The van der Waals surface area contributed by atoms with Crippen LogP contribution in [0.3, 0.4) is 0 Å². The molecule has 4 rings (SSSR count). The zero-order valence-electron chi connectivity index (χ0n) is 14.7. The van der Waals surface area contributed by atoms with E-state index in [0.29, 0.717) is 11.5 Å². The van der Waals surface area contributed by atoms with Crippen LogP contribution in [0.2, 0.25) is 10.3 Å². The molecule has 29 heavy (non-hydrogen) atoms. The lowest BCUT2D eigenvalue weighted by molar-refractivity contribution is 0.102. The van der Waals surface area contributed by atoms with Gasteiger partial charge in [-0.15, -0.1) is 0 Å². The summed E-state index contributed by atoms with van der Waals surface area (Å²) >= 11 is 11.5. The van der Waals surface area contributed by atoms with Gasteiger partial charge in [0.1, 0.15) is 10.8 Å². The van der Waals surface area contributed by atoms with Gasteiger partial charge in [0.2, 0.25) is 0 Å². The SMILES string of the molecule is O=C(Nc1nc(-c2ccccc2)c(-c2ccccc2)o1)c1cc(F)c(Cl)nc1Cl. The predicted molar refractivity (Wildman–Crippen MR) is 110 cm³/mol. The molecule has 0 radical (unpaired) electrons. The van der Waals surface area contributed by atoms with Crippen LogP contribution in [-0.2, 0) is 0 Å². The Morgan fingerprint density at radius 2 is 1.52 bits per heavy atom. The fourth-order valence-electron chi connectivity index (χ4n) is 2.72. The Labute approximate surface area is 175 Å². The molecule has 0 aliphatic carbocycles. The molecule has 1 amide bonds. The zero-order valence-corrected chi connectivity index (χ0v) is 16.2. The average molecular weight is 428 g/mol. The fraction of sp³-hybridized carbons (Fsp3) is 0. The first kappa shape index (κ1) is 19.1. The number of halogens is 3. The van der Waals surface area contributed by atoms with E-state index < -0.39 is 16.9 Å². The Morgan fingerprint density at radius 3 is 2.17 bits per heavy atom. The zero-order chi connectivity index (χ0) is 20.4. The van der Waals surface area contributed by atoms with E-state index >= 15 is 0 Å². The van der Waals surface area contributed by atoms with Crippen LogP contribution in [0.25, 0.3) is 22.6 Å². The van der Waals surface area contributed by atoms with Gasteiger partial charge in [0.05, 0.1) is 5.56 Å². The lowest BCUT2D eigenvalue weighted by Crippen LogP contribution is -2.14. The molecule has 144 valence electrons. The van der Waals surface area contributed by atoms with Crippen LogP contribution in [0.4, 0.5) is 10.4 Å². The Balaban J connectivity index is 1.73. The summed E-state index contributed by atoms with van der Waals surface area (Å²) in [6.07, 6.45) is 0. The van der Waals surface area contributed by atoms with E-state index in [4.69, 9.17) is 27.6 Å². The van der Waals surface area contributed by atoms with Crippen molar-refractivity contribution in [1.29, 1.82) is 0 Å². The maximum Gasteiger partial charge on any atom is 0.302 e. The number of pyridine rings is 1. The summed E-state index contributed by atoms with van der Waals surface area (Å²) in [5.74, 6) is -1.10. The van der Waals surface area contributed by atoms with E-state index in [1.54, 1.807) is 0 Å². The molecule has 0 atom stereocenters. The monoisotopic (exact) mass is 427 g/mol. The number of hydrogen-bond acceptors (Lipinski definition) is 4. The molecule has 5 nitrogen and oxygen atoms in total. The molecule has 0 spiro atoms. The summed E-state index contributed by atoms with van der Waals surface area (Å²) in [6.45, 7) is 0. The van der Waals surface area contributed by atoms with Gasteiger partial charge in [0.25, 0.3) is 5.91 Å². The van der Waals surface area contributed by atoms with Crippen molar-refractivity contribution in [2.75, 3.05) is 5.32 Å². The van der Waals surface area contributed by atoms with Gasteiger partial charge in [-0.2, -0.15) is 4.98 Å². The summed E-state index contributed by atoms with van der Waals surface area (Å²) < 4.78 is 19.5. The third-order valence-electron chi connectivity index (χ3n) is 4.06. The van der Waals surface area contributed by atoms with Crippen molar-refractivity contribution < 1.29 is 13.6 Å². The number of carbonyl (C=O) groups excluding carboxylic acids is 1. The fourth-order valence-corrected chi connectivity index (χ4v) is 3.13. The van der Waals surface area contributed by atoms with Crippen LogP contribution < -0.4 is 5.32 Å². The van der Waals surface area contributed by atoms with Crippen LogP contribution in [0.1, 0.15) is 10.4 Å². The quantitative estimate of drug-likeness (QED) is 0.399. The number of nitrogens with zero attached hydrogens (tertiary/aromatic N) is 2. The van der Waals surface area contributed by atoms with Crippen molar-refractivity contribution in [2.24, 2.45) is 0 Å². The number of carbonyl (C=O) groups is 1. The third kappa shape index (κ3) is 3.99. The standard InChI is InChI=1S/C21H12Cl2FN3O2/c22-18-14(11-15(24)19(23)26-18)20(28)27-21-25-16(12-7-3-1-4-8-12)17(29-21)13-9-5-2-6-10-13/h1-11H,(H,25,27,28). The van der Waals surface area contributed by atoms with E-state index in [1.807, 2.05) is 60.7 Å². The van der Waals surface area contributed by atoms with Crippen LogP contribution in [0.15, 0.2) is 71.1 Å². The van der Waals surface area contributed by atoms with Crippen molar-refractivity contribution >= 4 is 35.1 Å². The molecule has 0 bridgehead atoms. The van der Waals surface area contributed by atoms with Gasteiger partial charge in [0.15, 0.2) is 16.7 Å². The highest BCUT2D eigenvalue weighted by Crippen LogP contribution is 2.34. The summed E-state index contributed by atoms with van der Waals surface area (Å²) in [5, 5.41) is 1.85. The van der Waals surface area contributed by atoms with E-state index in [1.165, 1.54) is 0 Å². The Bertz CT molecular complexity index is 1120. The molecule has 0 aliphatic heterocycles. The summed E-state index contributed by atoms with van der Waals surface area (Å²) in [6, 6.07) is 19.6. The molecule has 0 aliphatic rings. The molecule has 2 aromatic heterocycles. The maximum absolute atomic E-state index is 13.7. The molecule has 8 heteroatoms. The second-order valence-corrected chi connectivity index (χ2v) is 6.70. The minimum absolute atomic E-state index is 0.0564. The topological polar surface area (TPSA) is 68.0 Å². The van der Waals surface area contributed by atoms with Crippen molar-refractivity contribution in [2.45, 2.75) is 0 Å². The second kappa shape index (κ2) is 8.03. The number of rotatable bonds is 4. The molecule has 2 heterocycles. The normalized spacial score (nSPS) is 10.7. The Hall–Kier alpha value is -3.22. The average Bonchev–Trinajstić information content (AvgIpc) is 3.15. The van der Waals surface area contributed by atoms with Gasteiger partial charge in [-0.25, -0.2) is 9.37 Å². The number of aromatic nitrogens is 2. The highest BCUT2D eigenvalue weighted by atomic mass is 35.5. The maximum atomic E-state index is 13.7. The van der Waals surface area contributed by atoms with Crippen LogP contribution in [0.5, 0.6) is 0 Å². The molecule has 0 unspecified atom stereocenters. The second-order valence-electron chi connectivity index (χ2n) is 5.98. The van der Waals surface area contributed by atoms with Gasteiger partial charge in [-0.05, 0) is 6.07 Å². The lowest BCUT2D eigenvalue weighted by atomic mass is 10.1. The van der Waals surface area contributed by atoms with Gasteiger partial charge in [0, 0.05) is 11.1 Å². The molecular formula is C21H12Cl2FN3O2. The molecule has 1 N–H and O–H groups in total. The molecule has 4 aromatic rings. The first-order valence-corrected chi connectivity index (χ1v) is 9.23. The van der Waals surface area contributed by atoms with E-state index in [-0.39, 0.29) is 16.7 Å². The Morgan fingerprint density at radius 1 is 0.897 bits per heavy atom. The highest BCUT2D eigenvalue weighted by molar-refractivity contribution is 6.35. The molecule has 0 saturated heterocycles. The van der Waals surface area contributed by atoms with Crippen LogP contribution in [0, 0.1) is 5.82 Å². The summed E-state index contributed by atoms with van der Waals surface area (Å²) in [5.41, 5.74) is 1.97. The van der Waals surface area contributed by atoms with E-state index in [0.717, 1.165) is 17.2 Å². The number of nitrogens with one attached hydrogen (secondary N) is 1. The van der Waals surface area contributed by atoms with Crippen molar-refractivity contribution in [3.05, 3.63) is 88.4 Å².